The fraction of sp³-hybridized carbons (Fsp3) is 0. The Morgan fingerprint density at radius 2 is 1.61 bits per heavy atom. The lowest BCUT2D eigenvalue weighted by Crippen LogP contribution is -2.07. The highest BCUT2D eigenvalue weighted by atomic mass is 79.9. The highest BCUT2D eigenvalue weighted by Crippen LogP contribution is 2.34. The summed E-state index contributed by atoms with van der Waals surface area (Å²) in [6.07, 6.45) is 4.06. The third-order valence-corrected chi connectivity index (χ3v) is 4.52. The molecule has 2 nitrogen and oxygen atoms in total. The molecular weight excluding hydrogens is 352 g/mol. The number of allylic oxidation sites excluding steroid dienone is 4. The first-order chi connectivity index (χ1) is 11.1. The molecule has 0 radical (unpaired) electrons. The zero-order valence-electron chi connectivity index (χ0n) is 12.0. The van der Waals surface area contributed by atoms with Crippen molar-refractivity contribution in [1.29, 1.82) is 0 Å². The quantitative estimate of drug-likeness (QED) is 0.458. The molecule has 1 aliphatic rings. The van der Waals surface area contributed by atoms with Gasteiger partial charge in [-0.2, -0.15) is 0 Å². The first-order valence-corrected chi connectivity index (χ1v) is 8.02. The lowest BCUT2D eigenvalue weighted by atomic mass is 9.90. The molecule has 0 aliphatic heterocycles. The van der Waals surface area contributed by atoms with Crippen molar-refractivity contribution in [3.05, 3.63) is 76.8 Å². The maximum atomic E-state index is 12.2. The Labute approximate surface area is 141 Å². The van der Waals surface area contributed by atoms with Gasteiger partial charge in [-0.25, -0.2) is 0 Å². The van der Waals surface area contributed by atoms with Gasteiger partial charge in [-0.15, -0.1) is 0 Å². The second-order valence-electron chi connectivity index (χ2n) is 5.49. The van der Waals surface area contributed by atoms with Crippen molar-refractivity contribution in [3.63, 3.8) is 0 Å². The predicted octanol–water partition coefficient (Wildman–Crippen LogP) is 4.85. The van der Waals surface area contributed by atoms with Crippen molar-refractivity contribution in [3.8, 4) is 0 Å². The van der Waals surface area contributed by atoms with Crippen LogP contribution < -0.4 is 0 Å². The summed E-state index contributed by atoms with van der Waals surface area (Å²) < 4.78 is 0.882. The number of carbonyl (C=O) groups is 2. The fourth-order valence-electron chi connectivity index (χ4n) is 3.02. The maximum absolute atomic E-state index is 12.2. The molecule has 0 unspecified atom stereocenters. The number of fused-ring (bicyclic) bond motifs is 3. The molecule has 23 heavy (non-hydrogen) atoms. The fourth-order valence-corrected chi connectivity index (χ4v) is 3.48. The van der Waals surface area contributed by atoms with Crippen LogP contribution in [-0.2, 0) is 9.59 Å². The van der Waals surface area contributed by atoms with E-state index in [1.54, 1.807) is 0 Å². The molecule has 0 heterocycles. The lowest BCUT2D eigenvalue weighted by Gasteiger charge is -2.13. The van der Waals surface area contributed by atoms with Crippen molar-refractivity contribution in [1.82, 2.24) is 0 Å². The van der Waals surface area contributed by atoms with Gasteiger partial charge in [0.25, 0.3) is 0 Å². The summed E-state index contributed by atoms with van der Waals surface area (Å²) in [5.74, 6) is -0.300. The SMILES string of the molecule is O=C1C=CC(=O)C(c2cc(Br)cc3c2ccc2ccccc23)=C1. The molecule has 0 atom stereocenters. The Bertz CT molecular complexity index is 1060. The molecule has 0 N–H and O–H groups in total. The summed E-state index contributed by atoms with van der Waals surface area (Å²) in [5.41, 5.74) is 1.22. The molecule has 110 valence electrons. The summed E-state index contributed by atoms with van der Waals surface area (Å²) in [5, 5.41) is 4.29. The number of carbonyl (C=O) groups excluding carboxylic acids is 2. The van der Waals surface area contributed by atoms with Crippen LogP contribution in [-0.4, -0.2) is 11.6 Å². The number of hydrogen-bond donors (Lipinski definition) is 0. The highest BCUT2D eigenvalue weighted by molar-refractivity contribution is 9.10. The van der Waals surface area contributed by atoms with Gasteiger partial charge in [0.2, 0.25) is 0 Å². The number of halogens is 1. The molecule has 0 saturated carbocycles. The van der Waals surface area contributed by atoms with Gasteiger partial charge in [-0.05, 0) is 57.5 Å². The standard InChI is InChI=1S/C20H11BrO2/c21-13-9-17-15-4-2-1-3-12(15)5-7-16(17)18(10-13)19-11-14(22)6-8-20(19)23/h1-11H. The Morgan fingerprint density at radius 1 is 0.783 bits per heavy atom. The Balaban J connectivity index is 2.10. The second kappa shape index (κ2) is 5.28. The zero-order valence-corrected chi connectivity index (χ0v) is 13.6. The third kappa shape index (κ3) is 2.34. The van der Waals surface area contributed by atoms with Gasteiger partial charge in [-0.3, -0.25) is 9.59 Å². The average Bonchev–Trinajstić information content (AvgIpc) is 2.56. The van der Waals surface area contributed by atoms with E-state index in [4.69, 9.17) is 0 Å². The molecule has 4 rings (SSSR count). The molecule has 1 aliphatic carbocycles. The van der Waals surface area contributed by atoms with Crippen LogP contribution in [0.4, 0.5) is 0 Å². The molecular formula is C20H11BrO2. The first kappa shape index (κ1) is 14.1. The van der Waals surface area contributed by atoms with Gasteiger partial charge in [0.1, 0.15) is 0 Å². The van der Waals surface area contributed by atoms with E-state index in [9.17, 15) is 9.59 Å². The Kier molecular flexibility index (Phi) is 3.24. The second-order valence-corrected chi connectivity index (χ2v) is 6.41. The van der Waals surface area contributed by atoms with Gasteiger partial charge in [0.15, 0.2) is 11.6 Å². The maximum Gasteiger partial charge on any atom is 0.186 e. The Hall–Kier alpha value is -2.52. The van der Waals surface area contributed by atoms with Gasteiger partial charge in [0.05, 0.1) is 0 Å². The van der Waals surface area contributed by atoms with Gasteiger partial charge >= 0.3 is 0 Å². The van der Waals surface area contributed by atoms with E-state index < -0.39 is 0 Å². The van der Waals surface area contributed by atoms with Crippen LogP contribution in [0, 0.1) is 0 Å². The first-order valence-electron chi connectivity index (χ1n) is 7.23. The molecule has 0 bridgehead atoms. The minimum Gasteiger partial charge on any atom is -0.290 e. The van der Waals surface area contributed by atoms with E-state index >= 15 is 0 Å². The average molecular weight is 363 g/mol. The molecule has 3 aromatic carbocycles. The van der Waals surface area contributed by atoms with E-state index in [2.05, 4.69) is 28.1 Å². The summed E-state index contributed by atoms with van der Waals surface area (Å²) in [6, 6.07) is 16.1. The van der Waals surface area contributed by atoms with Crippen molar-refractivity contribution in [2.75, 3.05) is 0 Å². The predicted molar refractivity (Wildman–Crippen MR) is 96.3 cm³/mol. The summed E-state index contributed by atoms with van der Waals surface area (Å²) >= 11 is 3.53. The lowest BCUT2D eigenvalue weighted by molar-refractivity contribution is -0.113. The monoisotopic (exact) mass is 362 g/mol. The summed E-state index contributed by atoms with van der Waals surface area (Å²) in [4.78, 5) is 23.9. The number of rotatable bonds is 1. The highest BCUT2D eigenvalue weighted by Gasteiger charge is 2.18. The minimum absolute atomic E-state index is 0.142. The van der Waals surface area contributed by atoms with Crippen LogP contribution in [0.2, 0.25) is 0 Å². The van der Waals surface area contributed by atoms with Crippen molar-refractivity contribution in [2.45, 2.75) is 0 Å². The van der Waals surface area contributed by atoms with Gasteiger partial charge in [-0.1, -0.05) is 52.3 Å². The third-order valence-electron chi connectivity index (χ3n) is 4.07. The van der Waals surface area contributed by atoms with Crippen molar-refractivity contribution in [2.24, 2.45) is 0 Å². The van der Waals surface area contributed by atoms with Gasteiger partial charge in [0, 0.05) is 10.0 Å². The number of ketones is 2. The van der Waals surface area contributed by atoms with E-state index in [0.717, 1.165) is 31.6 Å². The summed E-state index contributed by atoms with van der Waals surface area (Å²) in [6.45, 7) is 0. The molecule has 3 heteroatoms. The largest absolute Gasteiger partial charge is 0.290 e. The Morgan fingerprint density at radius 3 is 2.48 bits per heavy atom. The van der Waals surface area contributed by atoms with E-state index in [0.29, 0.717) is 5.57 Å². The zero-order chi connectivity index (χ0) is 16.0. The van der Waals surface area contributed by atoms with Crippen LogP contribution in [0.25, 0.3) is 27.1 Å². The molecule has 0 amide bonds. The molecule has 3 aromatic rings. The van der Waals surface area contributed by atoms with Crippen LogP contribution in [0.15, 0.2) is 71.2 Å². The smallest absolute Gasteiger partial charge is 0.186 e. The number of benzene rings is 3. The van der Waals surface area contributed by atoms with Crippen LogP contribution in [0.1, 0.15) is 5.56 Å². The molecule has 0 saturated heterocycles. The van der Waals surface area contributed by atoms with Crippen LogP contribution in [0.5, 0.6) is 0 Å². The van der Waals surface area contributed by atoms with Gasteiger partial charge < -0.3 is 0 Å². The molecule has 0 fully saturated rings. The topological polar surface area (TPSA) is 34.1 Å². The van der Waals surface area contributed by atoms with E-state index in [1.807, 2.05) is 36.4 Å². The molecule has 0 aromatic heterocycles. The van der Waals surface area contributed by atoms with Crippen LogP contribution >= 0.6 is 15.9 Å². The van der Waals surface area contributed by atoms with E-state index in [-0.39, 0.29) is 11.6 Å². The van der Waals surface area contributed by atoms with Crippen molar-refractivity contribution >= 4 is 54.6 Å². The minimum atomic E-state index is -0.159. The number of hydrogen-bond acceptors (Lipinski definition) is 2. The van der Waals surface area contributed by atoms with Crippen LogP contribution in [0.3, 0.4) is 0 Å². The molecule has 0 spiro atoms. The summed E-state index contributed by atoms with van der Waals surface area (Å²) in [7, 11) is 0. The normalized spacial score (nSPS) is 14.6. The van der Waals surface area contributed by atoms with Crippen molar-refractivity contribution < 1.29 is 9.59 Å². The van der Waals surface area contributed by atoms with E-state index in [1.165, 1.54) is 18.2 Å².